The van der Waals surface area contributed by atoms with Crippen molar-refractivity contribution in [1.82, 2.24) is 0 Å². The summed E-state index contributed by atoms with van der Waals surface area (Å²) in [5, 5.41) is 0. The number of fused-ring (bicyclic) bond motifs is 1. The molecule has 0 bridgehead atoms. The van der Waals surface area contributed by atoms with Gasteiger partial charge in [-0.25, -0.2) is 0 Å². The summed E-state index contributed by atoms with van der Waals surface area (Å²) >= 11 is 0.252. The van der Waals surface area contributed by atoms with Crippen molar-refractivity contribution in [3.8, 4) is 0 Å². The normalized spacial score (nSPS) is 14.0. The number of carbonyl (C=O) groups is 2. The molecule has 82 valence electrons. The van der Waals surface area contributed by atoms with Gasteiger partial charge in [-0.05, 0) is 0 Å². The first-order chi connectivity index (χ1) is 8.27. The first-order valence-electron chi connectivity index (χ1n) is 5.21. The van der Waals surface area contributed by atoms with E-state index in [1.807, 2.05) is 12.1 Å². The maximum atomic E-state index is 12.1. The Bertz CT molecular complexity index is 599. The summed E-state index contributed by atoms with van der Waals surface area (Å²) in [6.45, 7) is 0. The molecule has 0 unspecified atom stereocenters. The van der Waals surface area contributed by atoms with Crippen molar-refractivity contribution in [2.75, 3.05) is 0 Å². The van der Waals surface area contributed by atoms with Gasteiger partial charge in [0.25, 0.3) is 0 Å². The Kier molecular flexibility index (Phi) is 2.43. The number of hydrogen-bond acceptors (Lipinski definition) is 2. The van der Waals surface area contributed by atoms with Gasteiger partial charge in [0.15, 0.2) is 0 Å². The molecule has 1 aromatic heterocycles. The van der Waals surface area contributed by atoms with Crippen molar-refractivity contribution in [2.24, 2.45) is 0 Å². The van der Waals surface area contributed by atoms with Gasteiger partial charge < -0.3 is 0 Å². The number of Topliss-reactive ketones (excluding diaryl/α,β-unsaturated/α-hetero) is 2. The molecule has 0 aliphatic heterocycles. The van der Waals surface area contributed by atoms with Crippen molar-refractivity contribution in [3.05, 3.63) is 62.5 Å². The maximum absolute atomic E-state index is 12.1. The van der Waals surface area contributed by atoms with Crippen LogP contribution in [0.2, 0.25) is 0 Å². The molecule has 2 nitrogen and oxygen atoms in total. The fourth-order valence-corrected chi connectivity index (χ4v) is 3.30. The summed E-state index contributed by atoms with van der Waals surface area (Å²) in [5.41, 5.74) is 1.37. The molecule has 0 N–H and O–H groups in total. The fraction of sp³-hybridized carbons (Fsp3) is 0. The molecule has 0 amide bonds. The Morgan fingerprint density at radius 2 is 1.53 bits per heavy atom. The molecule has 0 spiro atoms. The van der Waals surface area contributed by atoms with Gasteiger partial charge in [-0.1, -0.05) is 0 Å². The molecule has 1 aromatic carbocycles. The first-order valence-corrected chi connectivity index (χ1v) is 7.05. The molecule has 0 saturated heterocycles. The molecule has 0 fully saturated rings. The molecule has 3 heteroatoms. The van der Waals surface area contributed by atoms with Gasteiger partial charge in [-0.3, -0.25) is 0 Å². The summed E-state index contributed by atoms with van der Waals surface area (Å²) in [5.74, 6) is -0.289. The molecular weight excluding hydrogens is 279 g/mol. The third-order valence-electron chi connectivity index (χ3n) is 2.74. The minimum atomic E-state index is -0.144. The van der Waals surface area contributed by atoms with Gasteiger partial charge >= 0.3 is 104 Å². The van der Waals surface area contributed by atoms with Crippen LogP contribution in [0.25, 0.3) is 6.08 Å². The van der Waals surface area contributed by atoms with Gasteiger partial charge in [0, 0.05) is 0 Å². The zero-order valence-corrected chi connectivity index (χ0v) is 10.6. The molecule has 2 aromatic rings. The minimum absolute atomic E-state index is 0.144. The third-order valence-corrected chi connectivity index (χ3v) is 4.45. The second-order valence-electron chi connectivity index (χ2n) is 3.78. The summed E-state index contributed by atoms with van der Waals surface area (Å²) in [6.07, 6.45) is 1.74. The van der Waals surface area contributed by atoms with Crippen molar-refractivity contribution >= 4 is 32.1 Å². The average molecular weight is 287 g/mol. The Hall–Kier alpha value is -1.70. The number of ketones is 2. The average Bonchev–Trinajstić information content (AvgIpc) is 2.94. The molecular formula is C14H8O2Se. The van der Waals surface area contributed by atoms with E-state index in [0.717, 1.165) is 4.44 Å². The summed E-state index contributed by atoms with van der Waals surface area (Å²) < 4.78 is 1.07. The van der Waals surface area contributed by atoms with E-state index in [1.54, 1.807) is 30.3 Å². The van der Waals surface area contributed by atoms with Crippen LogP contribution in [0.1, 0.15) is 25.2 Å². The zero-order chi connectivity index (χ0) is 11.8. The van der Waals surface area contributed by atoms with Gasteiger partial charge in [-0.15, -0.1) is 0 Å². The van der Waals surface area contributed by atoms with Gasteiger partial charge in [0.2, 0.25) is 0 Å². The number of allylic oxidation sites excluding steroid dienone is 1. The molecule has 0 atom stereocenters. The van der Waals surface area contributed by atoms with E-state index < -0.39 is 0 Å². The first kappa shape index (κ1) is 10.5. The van der Waals surface area contributed by atoms with Crippen molar-refractivity contribution < 1.29 is 9.59 Å². The van der Waals surface area contributed by atoms with Crippen LogP contribution < -0.4 is 0 Å². The van der Waals surface area contributed by atoms with E-state index in [0.29, 0.717) is 16.7 Å². The molecule has 0 saturated carbocycles. The number of rotatable bonds is 1. The van der Waals surface area contributed by atoms with E-state index in [9.17, 15) is 9.59 Å². The van der Waals surface area contributed by atoms with E-state index in [-0.39, 0.29) is 26.1 Å². The van der Waals surface area contributed by atoms with Gasteiger partial charge in [-0.2, -0.15) is 0 Å². The van der Waals surface area contributed by atoms with Gasteiger partial charge in [0.05, 0.1) is 0 Å². The van der Waals surface area contributed by atoms with Crippen LogP contribution in [0.15, 0.2) is 46.9 Å². The summed E-state index contributed by atoms with van der Waals surface area (Å²) in [4.78, 5) is 26.2. The molecule has 3 rings (SSSR count). The van der Waals surface area contributed by atoms with E-state index >= 15 is 0 Å². The SMILES string of the molecule is O=C1C(=Cc2ccc[se]2)C(=O)c2ccccc21. The second kappa shape index (κ2) is 3.95. The van der Waals surface area contributed by atoms with Crippen molar-refractivity contribution in [2.45, 2.75) is 0 Å². The van der Waals surface area contributed by atoms with Crippen LogP contribution in [0.5, 0.6) is 0 Å². The van der Waals surface area contributed by atoms with Crippen LogP contribution in [0.3, 0.4) is 0 Å². The van der Waals surface area contributed by atoms with Crippen molar-refractivity contribution in [1.29, 1.82) is 0 Å². The van der Waals surface area contributed by atoms with E-state index in [1.165, 1.54) is 0 Å². The molecule has 17 heavy (non-hydrogen) atoms. The topological polar surface area (TPSA) is 34.1 Å². The summed E-state index contributed by atoms with van der Waals surface area (Å²) in [6, 6.07) is 10.9. The van der Waals surface area contributed by atoms with Crippen LogP contribution in [-0.4, -0.2) is 26.1 Å². The van der Waals surface area contributed by atoms with Crippen LogP contribution >= 0.6 is 0 Å². The Morgan fingerprint density at radius 1 is 0.882 bits per heavy atom. The van der Waals surface area contributed by atoms with E-state index in [4.69, 9.17) is 0 Å². The third kappa shape index (κ3) is 1.64. The zero-order valence-electron chi connectivity index (χ0n) is 8.84. The Labute approximate surface area is 104 Å². The Morgan fingerprint density at radius 3 is 2.06 bits per heavy atom. The molecule has 1 aliphatic rings. The van der Waals surface area contributed by atoms with Crippen LogP contribution in [0.4, 0.5) is 0 Å². The van der Waals surface area contributed by atoms with Gasteiger partial charge in [0.1, 0.15) is 0 Å². The molecule has 1 aliphatic carbocycles. The standard InChI is InChI=1S/C14H8O2Se/c15-13-10-5-1-2-6-11(10)14(16)12(13)8-9-4-3-7-17-9/h1-8H. The number of carbonyl (C=O) groups excluding carboxylic acids is 2. The van der Waals surface area contributed by atoms with Crippen LogP contribution in [-0.2, 0) is 0 Å². The Balaban J connectivity index is 2.13. The quantitative estimate of drug-likeness (QED) is 0.458. The fourth-order valence-electron chi connectivity index (χ4n) is 1.92. The molecule has 0 radical (unpaired) electrons. The summed E-state index contributed by atoms with van der Waals surface area (Å²) in [7, 11) is 0. The number of benzene rings is 1. The van der Waals surface area contributed by atoms with Crippen molar-refractivity contribution in [3.63, 3.8) is 0 Å². The van der Waals surface area contributed by atoms with Crippen LogP contribution in [0, 0.1) is 0 Å². The number of hydrogen-bond donors (Lipinski definition) is 0. The molecule has 1 heterocycles. The monoisotopic (exact) mass is 288 g/mol. The van der Waals surface area contributed by atoms with E-state index in [2.05, 4.69) is 4.94 Å². The second-order valence-corrected chi connectivity index (χ2v) is 5.83. The predicted octanol–water partition coefficient (Wildman–Crippen LogP) is 2.21. The predicted molar refractivity (Wildman–Crippen MR) is 66.5 cm³/mol.